The van der Waals surface area contributed by atoms with E-state index in [-0.39, 0.29) is 5.16 Å². The first-order valence-electron chi connectivity index (χ1n) is 6.42. The lowest BCUT2D eigenvalue weighted by molar-refractivity contribution is 0.579. The summed E-state index contributed by atoms with van der Waals surface area (Å²) in [6.45, 7) is 6.54. The second-order valence-corrected chi connectivity index (χ2v) is 10.5. The Morgan fingerprint density at radius 3 is 2.16 bits per heavy atom. The van der Waals surface area contributed by atoms with Gasteiger partial charge in [-0.3, -0.25) is 0 Å². The van der Waals surface area contributed by atoms with Gasteiger partial charge in [0.1, 0.15) is 12.0 Å². The number of hydrogen-bond acceptors (Lipinski definition) is 2. The van der Waals surface area contributed by atoms with Crippen LogP contribution in [0, 0.1) is 0 Å². The van der Waals surface area contributed by atoms with Gasteiger partial charge in [0.25, 0.3) is 0 Å². The molecular formula is C16H17OPS. The summed E-state index contributed by atoms with van der Waals surface area (Å²) in [4.78, 5) is 0. The zero-order chi connectivity index (χ0) is 13.7. The van der Waals surface area contributed by atoms with Crippen molar-refractivity contribution in [2.45, 2.75) is 25.9 Å². The van der Waals surface area contributed by atoms with Gasteiger partial charge in [-0.25, -0.2) is 0 Å². The highest BCUT2D eigenvalue weighted by Crippen LogP contribution is 2.62. The first kappa shape index (κ1) is 12.9. The predicted octanol–water partition coefficient (Wildman–Crippen LogP) is 4.56. The van der Waals surface area contributed by atoms with Crippen LogP contribution in [0.4, 0.5) is 0 Å². The van der Waals surface area contributed by atoms with E-state index < -0.39 is 6.26 Å². The van der Waals surface area contributed by atoms with Crippen molar-refractivity contribution in [2.24, 2.45) is 0 Å². The molecule has 1 heterocycles. The summed E-state index contributed by atoms with van der Waals surface area (Å²) in [6.07, 6.45) is -2.09. The van der Waals surface area contributed by atoms with E-state index in [1.807, 2.05) is 18.2 Å². The summed E-state index contributed by atoms with van der Waals surface area (Å²) in [6, 6.07) is 16.6. The lowest BCUT2D eigenvalue weighted by Crippen LogP contribution is -2.29. The van der Waals surface area contributed by atoms with E-state index in [2.05, 4.69) is 51.1 Å². The first-order chi connectivity index (χ1) is 8.93. The Hall–Kier alpha value is -1.11. The maximum atomic E-state index is 6.34. The van der Waals surface area contributed by atoms with Crippen molar-refractivity contribution < 1.29 is 4.52 Å². The summed E-state index contributed by atoms with van der Waals surface area (Å²) < 4.78 is 6.34. The molecule has 19 heavy (non-hydrogen) atoms. The maximum absolute atomic E-state index is 6.34. The Morgan fingerprint density at radius 2 is 1.47 bits per heavy atom. The molecule has 1 aliphatic rings. The Kier molecular flexibility index (Phi) is 2.85. The second-order valence-electron chi connectivity index (χ2n) is 5.83. The monoisotopic (exact) mass is 288 g/mol. The Labute approximate surface area is 119 Å². The molecule has 0 saturated heterocycles. The average molecular weight is 288 g/mol. The van der Waals surface area contributed by atoms with Crippen LogP contribution >= 0.6 is 6.26 Å². The number of hydrogen-bond donors (Lipinski definition) is 0. The number of benzene rings is 2. The molecule has 3 heteroatoms. The van der Waals surface area contributed by atoms with Gasteiger partial charge < -0.3 is 4.52 Å². The highest BCUT2D eigenvalue weighted by molar-refractivity contribution is 8.16. The molecule has 0 spiro atoms. The van der Waals surface area contributed by atoms with Gasteiger partial charge in [0.2, 0.25) is 0 Å². The van der Waals surface area contributed by atoms with Gasteiger partial charge in [-0.15, -0.1) is 0 Å². The molecule has 0 saturated carbocycles. The van der Waals surface area contributed by atoms with E-state index in [0.29, 0.717) is 0 Å². The third kappa shape index (κ3) is 1.86. The van der Waals surface area contributed by atoms with Crippen LogP contribution < -0.4 is 9.83 Å². The third-order valence-electron chi connectivity index (χ3n) is 3.51. The fourth-order valence-corrected chi connectivity index (χ4v) is 5.46. The summed E-state index contributed by atoms with van der Waals surface area (Å²) in [5, 5.41) is 1.16. The maximum Gasteiger partial charge on any atom is 0.148 e. The van der Waals surface area contributed by atoms with Crippen LogP contribution in [-0.4, -0.2) is 5.16 Å². The summed E-state index contributed by atoms with van der Waals surface area (Å²) >= 11 is 6.01. The Balaban J connectivity index is 2.35. The molecule has 1 nitrogen and oxygen atoms in total. The van der Waals surface area contributed by atoms with Gasteiger partial charge in [-0.05, 0) is 29.5 Å². The van der Waals surface area contributed by atoms with Gasteiger partial charge in [0.15, 0.2) is 0 Å². The van der Waals surface area contributed by atoms with Crippen molar-refractivity contribution >= 4 is 23.4 Å². The highest BCUT2D eigenvalue weighted by Gasteiger charge is 2.41. The van der Waals surface area contributed by atoms with Gasteiger partial charge in [-0.2, -0.15) is 0 Å². The molecule has 0 aromatic heterocycles. The molecule has 0 radical (unpaired) electrons. The molecule has 0 amide bonds. The normalized spacial score (nSPS) is 21.2. The van der Waals surface area contributed by atoms with Crippen molar-refractivity contribution in [3.63, 3.8) is 0 Å². The fraction of sp³-hybridized carbons (Fsp3) is 0.250. The minimum atomic E-state index is -2.09. The van der Waals surface area contributed by atoms with Gasteiger partial charge in [-0.1, -0.05) is 57.2 Å². The van der Waals surface area contributed by atoms with Crippen molar-refractivity contribution in [1.82, 2.24) is 0 Å². The first-order valence-corrected chi connectivity index (χ1v) is 9.14. The van der Waals surface area contributed by atoms with Crippen molar-refractivity contribution in [3.8, 4) is 16.9 Å². The molecule has 3 rings (SSSR count). The van der Waals surface area contributed by atoms with Crippen LogP contribution in [0.5, 0.6) is 5.75 Å². The number of para-hydroxylation sites is 1. The molecule has 2 aromatic rings. The number of fused-ring (bicyclic) bond motifs is 3. The van der Waals surface area contributed by atoms with E-state index in [1.165, 1.54) is 10.9 Å². The minimum absolute atomic E-state index is 0.0496. The molecular weight excluding hydrogens is 271 g/mol. The van der Waals surface area contributed by atoms with Gasteiger partial charge in [0, 0.05) is 16.0 Å². The zero-order valence-electron chi connectivity index (χ0n) is 11.4. The molecule has 98 valence electrons. The third-order valence-corrected chi connectivity index (χ3v) is 9.21. The van der Waals surface area contributed by atoms with Gasteiger partial charge >= 0.3 is 0 Å². The smallest absolute Gasteiger partial charge is 0.148 e. The van der Waals surface area contributed by atoms with E-state index in [0.717, 1.165) is 11.3 Å². The molecule has 0 aliphatic carbocycles. The van der Waals surface area contributed by atoms with Crippen molar-refractivity contribution in [2.75, 3.05) is 0 Å². The molecule has 0 fully saturated rings. The van der Waals surface area contributed by atoms with Crippen LogP contribution in [0.25, 0.3) is 11.1 Å². The van der Waals surface area contributed by atoms with Crippen LogP contribution in [0.1, 0.15) is 20.8 Å². The topological polar surface area (TPSA) is 9.23 Å². The van der Waals surface area contributed by atoms with Gasteiger partial charge in [0.05, 0.1) is 0 Å². The minimum Gasteiger partial charge on any atom is -0.461 e. The quantitative estimate of drug-likeness (QED) is 0.657. The van der Waals surface area contributed by atoms with Crippen molar-refractivity contribution in [3.05, 3.63) is 48.5 Å². The van der Waals surface area contributed by atoms with Crippen LogP contribution in [0.15, 0.2) is 48.5 Å². The second kappa shape index (κ2) is 4.19. The van der Waals surface area contributed by atoms with Crippen LogP contribution in [0.2, 0.25) is 0 Å². The predicted molar refractivity (Wildman–Crippen MR) is 86.2 cm³/mol. The van der Waals surface area contributed by atoms with E-state index in [1.54, 1.807) is 0 Å². The standard InChI is InChI=1S/C16H17OPS/c1-16(2,3)18(19)15-11-7-5-9-13(15)12-8-4-6-10-14(12)17-18/h4-11H,1-3H3. The molecule has 2 aromatic carbocycles. The molecule has 0 N–H and O–H groups in total. The molecule has 1 unspecified atom stereocenters. The van der Waals surface area contributed by atoms with E-state index >= 15 is 0 Å². The van der Waals surface area contributed by atoms with E-state index in [9.17, 15) is 0 Å². The summed E-state index contributed by atoms with van der Waals surface area (Å²) in [5.41, 5.74) is 2.39. The average Bonchev–Trinajstić information content (AvgIpc) is 2.38. The summed E-state index contributed by atoms with van der Waals surface area (Å²) in [7, 11) is 0. The fourth-order valence-electron chi connectivity index (χ4n) is 2.41. The zero-order valence-corrected chi connectivity index (χ0v) is 13.1. The lowest BCUT2D eigenvalue weighted by Gasteiger charge is -2.40. The van der Waals surface area contributed by atoms with Crippen LogP contribution in [-0.2, 0) is 11.8 Å². The Bertz CT molecular complexity index is 685. The SMILES string of the molecule is CC(C)(C)P1(=S)Oc2ccccc2-c2ccccc21. The lowest BCUT2D eigenvalue weighted by atomic mass is 10.0. The Morgan fingerprint density at radius 1 is 0.895 bits per heavy atom. The largest absolute Gasteiger partial charge is 0.461 e. The number of rotatable bonds is 0. The van der Waals surface area contributed by atoms with E-state index in [4.69, 9.17) is 16.3 Å². The highest BCUT2D eigenvalue weighted by atomic mass is 32.4. The molecule has 1 aliphatic heterocycles. The molecule has 1 atom stereocenters. The van der Waals surface area contributed by atoms with Crippen molar-refractivity contribution in [1.29, 1.82) is 0 Å². The van der Waals surface area contributed by atoms with Crippen LogP contribution in [0.3, 0.4) is 0 Å². The molecule has 0 bridgehead atoms. The summed E-state index contributed by atoms with van der Waals surface area (Å²) in [5.74, 6) is 0.930.